The average molecular weight is 461 g/mol. The van der Waals surface area contributed by atoms with Gasteiger partial charge >= 0.3 is 0 Å². The summed E-state index contributed by atoms with van der Waals surface area (Å²) in [6.45, 7) is 2.66. The number of aliphatic hydroxyl groups excluding tert-OH is 1. The van der Waals surface area contributed by atoms with Crippen LogP contribution in [0, 0.1) is 5.92 Å². The van der Waals surface area contributed by atoms with Gasteiger partial charge in [0.05, 0.1) is 18.6 Å². The first-order valence-electron chi connectivity index (χ1n) is 11.5. The van der Waals surface area contributed by atoms with Crippen molar-refractivity contribution in [1.29, 1.82) is 0 Å². The molecule has 9 nitrogen and oxygen atoms in total. The van der Waals surface area contributed by atoms with E-state index in [0.29, 0.717) is 50.0 Å². The van der Waals surface area contributed by atoms with E-state index in [1.807, 2.05) is 42.5 Å². The number of aromatic nitrogens is 2. The number of fused-ring (bicyclic) bond motifs is 6. The molecule has 3 unspecified atom stereocenters. The highest BCUT2D eigenvalue weighted by molar-refractivity contribution is 5.79. The molecule has 0 aliphatic carbocycles. The summed E-state index contributed by atoms with van der Waals surface area (Å²) in [4.78, 5) is 23.6. The Morgan fingerprint density at radius 2 is 1.79 bits per heavy atom. The SMILES string of the molecule is O=C1NCCOc2ccc(cc2)Nc2cc(ncn2)Nc2cccc(c2)CN2CCC(O)C1C2. The number of hydrogen-bond donors (Lipinski definition) is 4. The Balaban J connectivity index is 1.40. The molecule has 1 aromatic heterocycles. The van der Waals surface area contributed by atoms with E-state index < -0.39 is 12.0 Å². The molecular formula is C25H28N6O3. The van der Waals surface area contributed by atoms with Gasteiger partial charge in [-0.3, -0.25) is 9.69 Å². The smallest absolute Gasteiger partial charge is 0.227 e. The molecular weight excluding hydrogens is 432 g/mol. The fourth-order valence-corrected chi connectivity index (χ4v) is 4.31. The van der Waals surface area contributed by atoms with Gasteiger partial charge in [0.1, 0.15) is 30.3 Å². The summed E-state index contributed by atoms with van der Waals surface area (Å²) in [5.41, 5.74) is 2.90. The highest BCUT2D eigenvalue weighted by atomic mass is 16.5. The molecule has 4 heterocycles. The van der Waals surface area contributed by atoms with Crippen molar-refractivity contribution in [1.82, 2.24) is 20.2 Å². The number of rotatable bonds is 0. The van der Waals surface area contributed by atoms with Gasteiger partial charge in [0.2, 0.25) is 5.91 Å². The topological polar surface area (TPSA) is 112 Å². The largest absolute Gasteiger partial charge is 0.492 e. The van der Waals surface area contributed by atoms with E-state index in [1.165, 1.54) is 6.33 Å². The van der Waals surface area contributed by atoms with Crippen molar-refractivity contribution in [2.24, 2.45) is 5.92 Å². The zero-order chi connectivity index (χ0) is 23.3. The van der Waals surface area contributed by atoms with Gasteiger partial charge in [-0.05, 0) is 48.4 Å². The fraction of sp³-hybridized carbons (Fsp3) is 0.320. The molecule has 0 saturated carbocycles. The van der Waals surface area contributed by atoms with Crippen molar-refractivity contribution in [3.8, 4) is 5.75 Å². The zero-order valence-electron chi connectivity index (χ0n) is 18.8. The lowest BCUT2D eigenvalue weighted by Crippen LogP contribution is -2.50. The number of carbonyl (C=O) groups excluding carboxylic acids is 1. The zero-order valence-corrected chi connectivity index (χ0v) is 18.8. The lowest BCUT2D eigenvalue weighted by Gasteiger charge is -2.35. The Morgan fingerprint density at radius 3 is 2.62 bits per heavy atom. The molecule has 2 aromatic carbocycles. The number of aliphatic hydroxyl groups is 1. The summed E-state index contributed by atoms with van der Waals surface area (Å²) < 4.78 is 5.76. The quantitative estimate of drug-likeness (QED) is 0.405. The number of piperidine rings is 1. The van der Waals surface area contributed by atoms with Gasteiger partial charge < -0.3 is 25.8 Å². The van der Waals surface area contributed by atoms with Gasteiger partial charge in [-0.1, -0.05) is 12.1 Å². The minimum Gasteiger partial charge on any atom is -0.492 e. The summed E-state index contributed by atoms with van der Waals surface area (Å²) in [6, 6.07) is 17.5. The number of hydrogen-bond acceptors (Lipinski definition) is 8. The standard InChI is InChI=1S/C25H28N6O3/c32-22-8-10-31-14-17-2-1-3-19(12-17)30-24-13-23(27-16-28-24)29-18-4-6-20(7-5-18)34-11-9-26-25(33)21(22)15-31/h1-7,12-13,16,21-22,32H,8-11,14-15H2,(H,26,33)(H2,27,28,29,30). The van der Waals surface area contributed by atoms with Crippen molar-refractivity contribution < 1.29 is 14.6 Å². The molecule has 0 radical (unpaired) electrons. The number of amides is 1. The number of nitrogens with one attached hydrogen (secondary N) is 3. The molecule has 4 N–H and O–H groups in total. The molecule has 8 bridgehead atoms. The Kier molecular flexibility index (Phi) is 6.55. The van der Waals surface area contributed by atoms with Crippen LogP contribution >= 0.6 is 0 Å². The molecule has 3 aliphatic heterocycles. The van der Waals surface area contributed by atoms with Gasteiger partial charge in [0, 0.05) is 37.1 Å². The third kappa shape index (κ3) is 5.44. The molecule has 34 heavy (non-hydrogen) atoms. The molecule has 9 heteroatoms. The van der Waals surface area contributed by atoms with Crippen molar-refractivity contribution in [3.63, 3.8) is 0 Å². The van der Waals surface area contributed by atoms with E-state index in [4.69, 9.17) is 4.74 Å². The molecule has 3 atom stereocenters. The predicted molar refractivity (Wildman–Crippen MR) is 129 cm³/mol. The van der Waals surface area contributed by atoms with Crippen LogP contribution < -0.4 is 20.7 Å². The summed E-state index contributed by atoms with van der Waals surface area (Å²) in [7, 11) is 0. The van der Waals surface area contributed by atoms with E-state index in [2.05, 4.69) is 43.0 Å². The number of carbonyl (C=O) groups is 1. The van der Waals surface area contributed by atoms with Gasteiger partial charge in [0.15, 0.2) is 0 Å². The monoisotopic (exact) mass is 460 g/mol. The third-order valence-corrected chi connectivity index (χ3v) is 6.07. The molecule has 1 fully saturated rings. The van der Waals surface area contributed by atoms with Gasteiger partial charge in [-0.15, -0.1) is 0 Å². The second-order valence-corrected chi connectivity index (χ2v) is 8.60. The molecule has 176 valence electrons. The van der Waals surface area contributed by atoms with Gasteiger partial charge in [0.25, 0.3) is 0 Å². The van der Waals surface area contributed by atoms with Crippen molar-refractivity contribution in [2.75, 3.05) is 36.9 Å². The summed E-state index contributed by atoms with van der Waals surface area (Å²) in [6.07, 6.45) is 1.44. The third-order valence-electron chi connectivity index (χ3n) is 6.07. The van der Waals surface area contributed by atoms with Crippen LogP contribution in [0.4, 0.5) is 23.0 Å². The van der Waals surface area contributed by atoms with E-state index in [-0.39, 0.29) is 5.91 Å². The Hall–Kier alpha value is -3.69. The maximum atomic E-state index is 12.8. The normalized spacial score (nSPS) is 22.9. The average Bonchev–Trinajstić information content (AvgIpc) is 2.84. The number of nitrogens with zero attached hydrogens (tertiary/aromatic N) is 3. The maximum Gasteiger partial charge on any atom is 0.227 e. The van der Waals surface area contributed by atoms with Crippen LogP contribution in [0.3, 0.4) is 0 Å². The van der Waals surface area contributed by atoms with Crippen LogP contribution in [-0.4, -0.2) is 58.2 Å². The van der Waals surface area contributed by atoms with Gasteiger partial charge in [-0.2, -0.15) is 0 Å². The van der Waals surface area contributed by atoms with E-state index in [0.717, 1.165) is 23.5 Å². The summed E-state index contributed by atoms with van der Waals surface area (Å²) in [5, 5.41) is 20.0. The minimum atomic E-state index is -0.640. The first kappa shape index (κ1) is 22.1. The number of benzene rings is 2. The van der Waals surface area contributed by atoms with Crippen LogP contribution in [0.5, 0.6) is 5.75 Å². The Morgan fingerprint density at radius 1 is 1.00 bits per heavy atom. The van der Waals surface area contributed by atoms with Crippen molar-refractivity contribution in [3.05, 3.63) is 66.5 Å². The maximum absolute atomic E-state index is 12.8. The molecule has 1 saturated heterocycles. The van der Waals surface area contributed by atoms with E-state index in [9.17, 15) is 9.90 Å². The van der Waals surface area contributed by atoms with Crippen molar-refractivity contribution >= 4 is 28.9 Å². The first-order chi connectivity index (χ1) is 16.6. The van der Waals surface area contributed by atoms with Crippen LogP contribution in [-0.2, 0) is 11.3 Å². The summed E-state index contributed by atoms with van der Waals surface area (Å²) >= 11 is 0. The number of ether oxygens (including phenoxy) is 1. The van der Waals surface area contributed by atoms with E-state index in [1.54, 1.807) is 0 Å². The second kappa shape index (κ2) is 10.1. The van der Waals surface area contributed by atoms with Crippen LogP contribution in [0.25, 0.3) is 0 Å². The highest BCUT2D eigenvalue weighted by Gasteiger charge is 2.33. The number of anilines is 4. The second-order valence-electron chi connectivity index (χ2n) is 8.60. The molecule has 1 amide bonds. The molecule has 3 aromatic rings. The lowest BCUT2D eigenvalue weighted by atomic mass is 9.93. The molecule has 0 spiro atoms. The minimum absolute atomic E-state index is 0.139. The lowest BCUT2D eigenvalue weighted by molar-refractivity contribution is -0.131. The van der Waals surface area contributed by atoms with Crippen LogP contribution in [0.15, 0.2) is 60.9 Å². The predicted octanol–water partition coefficient (Wildman–Crippen LogP) is 2.66. The molecule has 3 aliphatic rings. The van der Waals surface area contributed by atoms with E-state index >= 15 is 0 Å². The Bertz CT molecular complexity index is 1140. The van der Waals surface area contributed by atoms with Crippen molar-refractivity contribution in [2.45, 2.75) is 19.1 Å². The fourth-order valence-electron chi connectivity index (χ4n) is 4.31. The van der Waals surface area contributed by atoms with Crippen LogP contribution in [0.2, 0.25) is 0 Å². The molecule has 6 rings (SSSR count). The summed E-state index contributed by atoms with van der Waals surface area (Å²) in [5.74, 6) is 1.46. The first-order valence-corrected chi connectivity index (χ1v) is 11.5. The van der Waals surface area contributed by atoms with Gasteiger partial charge in [-0.25, -0.2) is 9.97 Å². The Labute approximate surface area is 198 Å². The highest BCUT2D eigenvalue weighted by Crippen LogP contribution is 2.24. The van der Waals surface area contributed by atoms with Crippen LogP contribution in [0.1, 0.15) is 12.0 Å².